The van der Waals surface area contributed by atoms with Crippen molar-refractivity contribution in [2.45, 2.75) is 76.9 Å². The number of pyridine rings is 1. The van der Waals surface area contributed by atoms with Crippen LogP contribution in [0.2, 0.25) is 5.02 Å². The maximum absolute atomic E-state index is 11.8. The topological polar surface area (TPSA) is 99.6 Å². The molecule has 1 aliphatic heterocycles. The SMILES string of the molecule is CC(C)(C)N(C(=O)O)[C@H]1CC[C@H](Nc2cc(-c3csc(NCC4CCOCC4)n3)c(Cl)cn2)CC1. The lowest BCUT2D eigenvalue weighted by atomic mass is 9.88. The molecule has 2 aromatic rings. The number of anilines is 2. The number of nitrogens with zero attached hydrogens (tertiary/aromatic N) is 3. The molecule has 0 radical (unpaired) electrons. The predicted molar refractivity (Wildman–Crippen MR) is 142 cm³/mol. The van der Waals surface area contributed by atoms with Crippen LogP contribution in [-0.4, -0.2) is 63.4 Å². The van der Waals surface area contributed by atoms with Crippen molar-refractivity contribution in [3.8, 4) is 11.3 Å². The van der Waals surface area contributed by atoms with Crippen molar-refractivity contribution in [2.24, 2.45) is 5.92 Å². The highest BCUT2D eigenvalue weighted by atomic mass is 35.5. The van der Waals surface area contributed by atoms with Crippen LogP contribution in [0.1, 0.15) is 59.3 Å². The van der Waals surface area contributed by atoms with Crippen molar-refractivity contribution >= 4 is 40.0 Å². The largest absolute Gasteiger partial charge is 0.465 e. The van der Waals surface area contributed by atoms with Crippen LogP contribution < -0.4 is 10.6 Å². The first-order chi connectivity index (χ1) is 16.7. The van der Waals surface area contributed by atoms with Gasteiger partial charge in [0.15, 0.2) is 5.13 Å². The molecule has 1 saturated heterocycles. The van der Waals surface area contributed by atoms with Gasteiger partial charge in [0.1, 0.15) is 5.82 Å². The zero-order valence-corrected chi connectivity index (χ0v) is 22.3. The Balaban J connectivity index is 1.35. The molecule has 3 N–H and O–H groups in total. The summed E-state index contributed by atoms with van der Waals surface area (Å²) in [5, 5.41) is 20.2. The highest BCUT2D eigenvalue weighted by Crippen LogP contribution is 2.34. The van der Waals surface area contributed by atoms with E-state index in [-0.39, 0.29) is 12.1 Å². The molecule has 8 nitrogen and oxygen atoms in total. The highest BCUT2D eigenvalue weighted by Gasteiger charge is 2.35. The number of rotatable bonds is 7. The van der Waals surface area contributed by atoms with E-state index in [1.54, 1.807) is 22.4 Å². The lowest BCUT2D eigenvalue weighted by Gasteiger charge is -2.42. The van der Waals surface area contributed by atoms with Crippen LogP contribution in [0.15, 0.2) is 17.6 Å². The molecule has 192 valence electrons. The lowest BCUT2D eigenvalue weighted by molar-refractivity contribution is 0.0556. The normalized spacial score (nSPS) is 21.5. The van der Waals surface area contributed by atoms with Crippen LogP contribution >= 0.6 is 22.9 Å². The Kier molecular flexibility index (Phi) is 8.39. The Hall–Kier alpha value is -2.10. The van der Waals surface area contributed by atoms with Crippen LogP contribution in [-0.2, 0) is 4.74 Å². The molecule has 2 aliphatic rings. The molecule has 0 atom stereocenters. The van der Waals surface area contributed by atoms with Gasteiger partial charge in [-0.2, -0.15) is 0 Å². The van der Waals surface area contributed by atoms with Crippen molar-refractivity contribution in [2.75, 3.05) is 30.4 Å². The van der Waals surface area contributed by atoms with Crippen LogP contribution in [0.4, 0.5) is 15.7 Å². The minimum atomic E-state index is -0.845. The van der Waals surface area contributed by atoms with Crippen LogP contribution in [0, 0.1) is 5.92 Å². The van der Waals surface area contributed by atoms with Gasteiger partial charge in [0.25, 0.3) is 0 Å². The molecular weight excluding hydrogens is 486 g/mol. The Labute approximate surface area is 216 Å². The van der Waals surface area contributed by atoms with Gasteiger partial charge in [0, 0.05) is 54.5 Å². The number of carbonyl (C=O) groups is 1. The van der Waals surface area contributed by atoms with Crippen LogP contribution in [0.5, 0.6) is 0 Å². The minimum Gasteiger partial charge on any atom is -0.465 e. The lowest BCUT2D eigenvalue weighted by Crippen LogP contribution is -2.52. The van der Waals surface area contributed by atoms with Gasteiger partial charge in [-0.15, -0.1) is 11.3 Å². The summed E-state index contributed by atoms with van der Waals surface area (Å²) in [6.07, 6.45) is 6.44. The molecule has 1 amide bonds. The van der Waals surface area contributed by atoms with Crippen LogP contribution in [0.3, 0.4) is 0 Å². The molecule has 0 aromatic carbocycles. The van der Waals surface area contributed by atoms with E-state index in [9.17, 15) is 9.90 Å². The third-order valence-electron chi connectivity index (χ3n) is 6.86. The fourth-order valence-electron chi connectivity index (χ4n) is 5.05. The monoisotopic (exact) mass is 521 g/mol. The quantitative estimate of drug-likeness (QED) is 0.399. The van der Waals surface area contributed by atoms with Gasteiger partial charge in [0.2, 0.25) is 0 Å². The number of carboxylic acid groups (broad SMARTS) is 1. The van der Waals surface area contributed by atoms with Crippen molar-refractivity contribution in [1.29, 1.82) is 0 Å². The molecule has 35 heavy (non-hydrogen) atoms. The van der Waals surface area contributed by atoms with Crippen molar-refractivity contribution in [3.63, 3.8) is 0 Å². The summed E-state index contributed by atoms with van der Waals surface area (Å²) in [4.78, 5) is 22.7. The van der Waals surface area contributed by atoms with E-state index < -0.39 is 11.6 Å². The summed E-state index contributed by atoms with van der Waals surface area (Å²) in [5.41, 5.74) is 1.29. The van der Waals surface area contributed by atoms with E-state index in [0.29, 0.717) is 10.9 Å². The van der Waals surface area contributed by atoms with E-state index >= 15 is 0 Å². The predicted octanol–water partition coefficient (Wildman–Crippen LogP) is 6.20. The van der Waals surface area contributed by atoms with Gasteiger partial charge in [-0.1, -0.05) is 11.6 Å². The Morgan fingerprint density at radius 1 is 1.23 bits per heavy atom. The Bertz CT molecular complexity index is 997. The molecule has 3 heterocycles. The zero-order chi connectivity index (χ0) is 25.0. The van der Waals surface area contributed by atoms with E-state index in [1.807, 2.05) is 32.2 Å². The molecule has 0 unspecified atom stereocenters. The molecule has 1 aliphatic carbocycles. The average molecular weight is 522 g/mol. The summed E-state index contributed by atoms with van der Waals surface area (Å²) in [6.45, 7) is 8.45. The summed E-state index contributed by atoms with van der Waals surface area (Å²) in [6, 6.07) is 2.25. The van der Waals surface area contributed by atoms with Gasteiger partial charge in [-0.25, -0.2) is 14.8 Å². The van der Waals surface area contributed by atoms with Crippen molar-refractivity contribution in [3.05, 3.63) is 22.7 Å². The molecule has 4 rings (SSSR count). The molecule has 10 heteroatoms. The number of hydrogen-bond acceptors (Lipinski definition) is 7. The molecule has 1 saturated carbocycles. The van der Waals surface area contributed by atoms with Gasteiger partial charge in [-0.3, -0.25) is 0 Å². The van der Waals surface area contributed by atoms with Crippen molar-refractivity contribution < 1.29 is 14.6 Å². The number of nitrogens with one attached hydrogen (secondary N) is 2. The third-order valence-corrected chi connectivity index (χ3v) is 7.96. The third kappa shape index (κ3) is 6.77. The molecule has 0 spiro atoms. The molecule has 0 bridgehead atoms. The van der Waals surface area contributed by atoms with Crippen LogP contribution in [0.25, 0.3) is 11.3 Å². The number of ether oxygens (including phenoxy) is 1. The first-order valence-corrected chi connectivity index (χ1v) is 13.7. The number of thiazole rings is 1. The first-order valence-electron chi connectivity index (χ1n) is 12.4. The average Bonchev–Trinajstić information content (AvgIpc) is 3.28. The minimum absolute atomic E-state index is 0.0429. The summed E-state index contributed by atoms with van der Waals surface area (Å²) < 4.78 is 5.44. The Morgan fingerprint density at radius 2 is 1.94 bits per heavy atom. The van der Waals surface area contributed by atoms with Crippen molar-refractivity contribution in [1.82, 2.24) is 14.9 Å². The van der Waals surface area contributed by atoms with Gasteiger partial charge >= 0.3 is 6.09 Å². The number of amides is 1. The standard InChI is InChI=1S/C25H36ClN5O3S/c1-25(2,3)31(24(32)33)18-6-4-17(5-7-18)29-22-12-19(20(26)14-27-22)21-15-35-23(30-21)28-13-16-8-10-34-11-9-16/h12,14-18H,4-11,13H2,1-3H3,(H,27,29)(H,28,30)(H,32,33)/t17-,18-. The molecular formula is C25H36ClN5O3S. The first kappa shape index (κ1) is 26.0. The second kappa shape index (κ2) is 11.3. The highest BCUT2D eigenvalue weighted by molar-refractivity contribution is 7.14. The van der Waals surface area contributed by atoms with E-state index in [1.165, 1.54) is 0 Å². The number of aromatic nitrogens is 2. The number of hydrogen-bond donors (Lipinski definition) is 3. The smallest absolute Gasteiger partial charge is 0.407 e. The van der Waals surface area contributed by atoms with Gasteiger partial charge < -0.3 is 25.4 Å². The summed E-state index contributed by atoms with van der Waals surface area (Å²) >= 11 is 8.07. The second-order valence-electron chi connectivity index (χ2n) is 10.5. The Morgan fingerprint density at radius 3 is 2.60 bits per heavy atom. The summed E-state index contributed by atoms with van der Waals surface area (Å²) in [7, 11) is 0. The van der Waals surface area contributed by atoms with Gasteiger partial charge in [0.05, 0.1) is 10.7 Å². The second-order valence-corrected chi connectivity index (χ2v) is 11.8. The van der Waals surface area contributed by atoms with E-state index in [2.05, 4.69) is 15.6 Å². The molecule has 2 fully saturated rings. The summed E-state index contributed by atoms with van der Waals surface area (Å²) in [5.74, 6) is 1.39. The molecule has 2 aromatic heterocycles. The maximum atomic E-state index is 11.8. The van der Waals surface area contributed by atoms with E-state index in [4.69, 9.17) is 21.3 Å². The fraction of sp³-hybridized carbons (Fsp3) is 0.640. The maximum Gasteiger partial charge on any atom is 0.407 e. The van der Waals surface area contributed by atoms with E-state index in [0.717, 1.165) is 80.5 Å². The fourth-order valence-corrected chi connectivity index (χ4v) is 5.97. The number of halogens is 1. The van der Waals surface area contributed by atoms with Gasteiger partial charge in [-0.05, 0) is 71.3 Å². The zero-order valence-electron chi connectivity index (χ0n) is 20.7.